The fourth-order valence-electron chi connectivity index (χ4n) is 1.76. The quantitative estimate of drug-likeness (QED) is 0.857. The van der Waals surface area contributed by atoms with E-state index in [1.54, 1.807) is 0 Å². The lowest BCUT2D eigenvalue weighted by molar-refractivity contribution is 0.508. The molecule has 0 radical (unpaired) electrons. The molecule has 16 heavy (non-hydrogen) atoms. The van der Waals surface area contributed by atoms with Crippen LogP contribution in [0.2, 0.25) is 0 Å². The Morgan fingerprint density at radius 1 is 1.38 bits per heavy atom. The zero-order valence-corrected chi connectivity index (χ0v) is 9.77. The standard InChI is InChI=1S/C11H16N4O/c1-7(2)15-8(3)13-14-11(15)10-5-4-9(6-12)16-10/h4-5,7H,6,12H2,1-3H3. The summed E-state index contributed by atoms with van der Waals surface area (Å²) in [6.07, 6.45) is 0. The number of rotatable bonds is 3. The average Bonchev–Trinajstić information content (AvgIpc) is 2.82. The van der Waals surface area contributed by atoms with E-state index in [-0.39, 0.29) is 0 Å². The fourth-order valence-corrected chi connectivity index (χ4v) is 1.76. The molecule has 0 aliphatic rings. The largest absolute Gasteiger partial charge is 0.456 e. The molecular formula is C11H16N4O. The highest BCUT2D eigenvalue weighted by atomic mass is 16.3. The molecule has 0 aromatic carbocycles. The molecule has 0 atom stereocenters. The van der Waals surface area contributed by atoms with Crippen molar-refractivity contribution >= 4 is 0 Å². The highest BCUT2D eigenvalue weighted by Crippen LogP contribution is 2.23. The summed E-state index contributed by atoms with van der Waals surface area (Å²) >= 11 is 0. The maximum absolute atomic E-state index is 5.57. The van der Waals surface area contributed by atoms with Crippen LogP contribution in [0.25, 0.3) is 11.6 Å². The van der Waals surface area contributed by atoms with E-state index >= 15 is 0 Å². The Balaban J connectivity index is 2.47. The summed E-state index contributed by atoms with van der Waals surface area (Å²) in [5, 5.41) is 8.20. The number of nitrogens with two attached hydrogens (primary N) is 1. The van der Waals surface area contributed by atoms with Gasteiger partial charge in [-0.3, -0.25) is 0 Å². The summed E-state index contributed by atoms with van der Waals surface area (Å²) in [4.78, 5) is 0. The van der Waals surface area contributed by atoms with Crippen molar-refractivity contribution in [2.24, 2.45) is 5.73 Å². The third-order valence-corrected chi connectivity index (χ3v) is 2.47. The Labute approximate surface area is 94.3 Å². The molecule has 0 aliphatic carbocycles. The molecule has 2 rings (SSSR count). The van der Waals surface area contributed by atoms with Gasteiger partial charge in [-0.2, -0.15) is 0 Å². The Kier molecular flexibility index (Phi) is 2.78. The lowest BCUT2D eigenvalue weighted by Gasteiger charge is -2.10. The van der Waals surface area contributed by atoms with Crippen LogP contribution in [0.5, 0.6) is 0 Å². The third-order valence-electron chi connectivity index (χ3n) is 2.47. The smallest absolute Gasteiger partial charge is 0.200 e. The van der Waals surface area contributed by atoms with Gasteiger partial charge in [0.25, 0.3) is 0 Å². The Hall–Kier alpha value is -1.62. The van der Waals surface area contributed by atoms with E-state index in [2.05, 4.69) is 24.0 Å². The van der Waals surface area contributed by atoms with Gasteiger partial charge >= 0.3 is 0 Å². The van der Waals surface area contributed by atoms with Gasteiger partial charge in [-0.25, -0.2) is 0 Å². The van der Waals surface area contributed by atoms with Gasteiger partial charge in [0.2, 0.25) is 0 Å². The van der Waals surface area contributed by atoms with Crippen molar-refractivity contribution in [1.29, 1.82) is 0 Å². The van der Waals surface area contributed by atoms with E-state index in [0.717, 1.165) is 23.2 Å². The van der Waals surface area contributed by atoms with E-state index in [0.29, 0.717) is 12.6 Å². The Morgan fingerprint density at radius 3 is 2.69 bits per heavy atom. The number of furan rings is 1. The first kappa shape index (κ1) is 10.9. The molecular weight excluding hydrogens is 204 g/mol. The fraction of sp³-hybridized carbons (Fsp3) is 0.455. The van der Waals surface area contributed by atoms with Crippen LogP contribution in [-0.2, 0) is 6.54 Å². The second-order valence-electron chi connectivity index (χ2n) is 4.00. The molecule has 5 nitrogen and oxygen atoms in total. The minimum absolute atomic E-state index is 0.302. The summed E-state index contributed by atoms with van der Waals surface area (Å²) in [7, 11) is 0. The van der Waals surface area contributed by atoms with E-state index in [1.807, 2.05) is 23.6 Å². The lowest BCUT2D eigenvalue weighted by Crippen LogP contribution is -2.05. The molecule has 0 bridgehead atoms. The maximum Gasteiger partial charge on any atom is 0.200 e. The molecule has 0 saturated heterocycles. The summed E-state index contributed by atoms with van der Waals surface area (Å²) < 4.78 is 7.62. The van der Waals surface area contributed by atoms with Crippen LogP contribution in [0.15, 0.2) is 16.5 Å². The normalized spacial score (nSPS) is 11.3. The molecule has 2 aromatic heterocycles. The van der Waals surface area contributed by atoms with Crippen molar-refractivity contribution in [2.75, 3.05) is 0 Å². The van der Waals surface area contributed by atoms with E-state index in [1.165, 1.54) is 0 Å². The van der Waals surface area contributed by atoms with Crippen molar-refractivity contribution in [3.8, 4) is 11.6 Å². The second-order valence-corrected chi connectivity index (χ2v) is 4.00. The predicted octanol–water partition coefficient (Wildman–Crippen LogP) is 1.89. The van der Waals surface area contributed by atoms with Gasteiger partial charge in [0.05, 0.1) is 6.54 Å². The molecule has 0 saturated carbocycles. The van der Waals surface area contributed by atoms with Crippen molar-refractivity contribution in [3.63, 3.8) is 0 Å². The monoisotopic (exact) mass is 220 g/mol. The molecule has 2 heterocycles. The van der Waals surface area contributed by atoms with Crippen molar-refractivity contribution in [1.82, 2.24) is 14.8 Å². The Morgan fingerprint density at radius 2 is 2.12 bits per heavy atom. The average molecular weight is 220 g/mol. The number of hydrogen-bond donors (Lipinski definition) is 1. The zero-order valence-electron chi connectivity index (χ0n) is 9.77. The molecule has 0 amide bonds. The van der Waals surface area contributed by atoms with Crippen LogP contribution in [0.1, 0.15) is 31.5 Å². The second kappa shape index (κ2) is 4.09. The number of nitrogens with zero attached hydrogens (tertiary/aromatic N) is 3. The zero-order chi connectivity index (χ0) is 11.7. The topological polar surface area (TPSA) is 69.9 Å². The highest BCUT2D eigenvalue weighted by Gasteiger charge is 2.16. The van der Waals surface area contributed by atoms with Gasteiger partial charge in [-0.05, 0) is 32.9 Å². The maximum atomic E-state index is 5.57. The number of hydrogen-bond acceptors (Lipinski definition) is 4. The summed E-state index contributed by atoms with van der Waals surface area (Å²) in [6, 6.07) is 4.05. The van der Waals surface area contributed by atoms with Crippen LogP contribution < -0.4 is 5.73 Å². The summed E-state index contributed by atoms with van der Waals surface area (Å²) in [5.41, 5.74) is 5.51. The van der Waals surface area contributed by atoms with Gasteiger partial charge in [0.15, 0.2) is 11.6 Å². The van der Waals surface area contributed by atoms with Crippen LogP contribution in [0.3, 0.4) is 0 Å². The van der Waals surface area contributed by atoms with Gasteiger partial charge in [0.1, 0.15) is 11.6 Å². The van der Waals surface area contributed by atoms with Crippen LogP contribution in [-0.4, -0.2) is 14.8 Å². The summed E-state index contributed by atoms with van der Waals surface area (Å²) in [5.74, 6) is 3.11. The van der Waals surface area contributed by atoms with Gasteiger partial charge in [-0.1, -0.05) is 0 Å². The van der Waals surface area contributed by atoms with Crippen molar-refractivity contribution < 1.29 is 4.42 Å². The molecule has 2 aromatic rings. The molecule has 2 N–H and O–H groups in total. The van der Waals surface area contributed by atoms with Crippen LogP contribution in [0, 0.1) is 6.92 Å². The van der Waals surface area contributed by atoms with Crippen molar-refractivity contribution in [3.05, 3.63) is 23.7 Å². The lowest BCUT2D eigenvalue weighted by atomic mass is 10.3. The number of aryl methyl sites for hydroxylation is 1. The highest BCUT2D eigenvalue weighted by molar-refractivity contribution is 5.47. The van der Waals surface area contributed by atoms with Gasteiger partial charge in [-0.15, -0.1) is 10.2 Å². The van der Waals surface area contributed by atoms with Crippen LogP contribution in [0.4, 0.5) is 0 Å². The molecule has 5 heteroatoms. The summed E-state index contributed by atoms with van der Waals surface area (Å²) in [6.45, 7) is 6.51. The molecule has 0 spiro atoms. The first-order valence-corrected chi connectivity index (χ1v) is 5.34. The first-order chi connectivity index (χ1) is 7.63. The molecule has 0 aliphatic heterocycles. The van der Waals surface area contributed by atoms with Gasteiger partial charge < -0.3 is 14.7 Å². The minimum Gasteiger partial charge on any atom is -0.456 e. The predicted molar refractivity (Wildman–Crippen MR) is 60.7 cm³/mol. The Bertz CT molecular complexity index is 484. The van der Waals surface area contributed by atoms with Crippen molar-refractivity contribution in [2.45, 2.75) is 33.4 Å². The first-order valence-electron chi connectivity index (χ1n) is 5.34. The third kappa shape index (κ3) is 1.74. The molecule has 0 fully saturated rings. The van der Waals surface area contributed by atoms with E-state index in [4.69, 9.17) is 10.2 Å². The number of aromatic nitrogens is 3. The van der Waals surface area contributed by atoms with E-state index in [9.17, 15) is 0 Å². The van der Waals surface area contributed by atoms with Gasteiger partial charge in [0, 0.05) is 6.04 Å². The van der Waals surface area contributed by atoms with Crippen LogP contribution >= 0.6 is 0 Å². The SMILES string of the molecule is Cc1nnc(-c2ccc(CN)o2)n1C(C)C. The van der Waals surface area contributed by atoms with E-state index < -0.39 is 0 Å². The minimum atomic E-state index is 0.302. The molecule has 86 valence electrons. The molecule has 0 unspecified atom stereocenters.